The second-order valence-electron chi connectivity index (χ2n) is 2.01. The van der Waals surface area contributed by atoms with Gasteiger partial charge in [0.15, 0.2) is 5.17 Å². The number of hydrogen-bond donors (Lipinski definition) is 1. The summed E-state index contributed by atoms with van der Waals surface area (Å²) in [6.07, 6.45) is 0. The van der Waals surface area contributed by atoms with Crippen LogP contribution < -0.4 is 0 Å². The van der Waals surface area contributed by atoms with Gasteiger partial charge in [0.05, 0.1) is 5.56 Å². The van der Waals surface area contributed by atoms with Gasteiger partial charge in [-0.1, -0.05) is 28.4 Å². The molecule has 0 aliphatic heterocycles. The zero-order chi connectivity index (χ0) is 9.14. The second-order valence-corrected chi connectivity index (χ2v) is 2.81. The SMILES string of the molecule is O/N=C(/Cl)c1cc(Cl)ccc1F. The molecule has 1 aromatic rings. The molecule has 0 aromatic heterocycles. The van der Waals surface area contributed by atoms with Crippen LogP contribution in [0.1, 0.15) is 5.56 Å². The Labute approximate surface area is 78.2 Å². The quantitative estimate of drug-likeness (QED) is 0.429. The minimum Gasteiger partial charge on any atom is -0.410 e. The summed E-state index contributed by atoms with van der Waals surface area (Å²) in [7, 11) is 0. The minimum absolute atomic E-state index is 0.0216. The average molecular weight is 208 g/mol. The van der Waals surface area contributed by atoms with Crippen LogP contribution in [0.2, 0.25) is 5.02 Å². The Morgan fingerprint density at radius 1 is 1.50 bits per heavy atom. The molecule has 0 aliphatic carbocycles. The lowest BCUT2D eigenvalue weighted by molar-refractivity contribution is 0.320. The molecule has 0 saturated carbocycles. The van der Waals surface area contributed by atoms with E-state index in [-0.39, 0.29) is 10.7 Å². The van der Waals surface area contributed by atoms with E-state index in [0.717, 1.165) is 6.07 Å². The lowest BCUT2D eigenvalue weighted by atomic mass is 10.2. The summed E-state index contributed by atoms with van der Waals surface area (Å²) in [6, 6.07) is 3.80. The van der Waals surface area contributed by atoms with Crippen LogP contribution in [0.3, 0.4) is 0 Å². The highest BCUT2D eigenvalue weighted by atomic mass is 35.5. The number of nitrogens with zero attached hydrogens (tertiary/aromatic N) is 1. The normalized spacial score (nSPS) is 11.8. The highest BCUT2D eigenvalue weighted by molar-refractivity contribution is 6.69. The molecule has 0 amide bonds. The summed E-state index contributed by atoms with van der Waals surface area (Å²) in [5.41, 5.74) is -0.0216. The molecule has 0 fully saturated rings. The molecule has 1 N–H and O–H groups in total. The third-order valence-electron chi connectivity index (χ3n) is 1.24. The molecular weight excluding hydrogens is 204 g/mol. The molecule has 5 heteroatoms. The van der Waals surface area contributed by atoms with Crippen LogP contribution >= 0.6 is 23.2 Å². The summed E-state index contributed by atoms with van der Waals surface area (Å²) in [5, 5.41) is 10.9. The Hall–Kier alpha value is -0.800. The van der Waals surface area contributed by atoms with Crippen LogP contribution in [-0.2, 0) is 0 Å². The molecule has 0 saturated heterocycles. The Morgan fingerprint density at radius 3 is 2.75 bits per heavy atom. The predicted octanol–water partition coefficient (Wildman–Crippen LogP) is 2.85. The molecule has 1 aromatic carbocycles. The van der Waals surface area contributed by atoms with E-state index in [0.29, 0.717) is 5.02 Å². The van der Waals surface area contributed by atoms with Crippen molar-refractivity contribution in [2.24, 2.45) is 5.16 Å². The molecule has 0 unspecified atom stereocenters. The Morgan fingerprint density at radius 2 is 2.17 bits per heavy atom. The van der Waals surface area contributed by atoms with Gasteiger partial charge in [-0.3, -0.25) is 0 Å². The molecule has 0 radical (unpaired) electrons. The van der Waals surface area contributed by atoms with Gasteiger partial charge < -0.3 is 5.21 Å². The van der Waals surface area contributed by atoms with Gasteiger partial charge in [-0.2, -0.15) is 0 Å². The van der Waals surface area contributed by atoms with Gasteiger partial charge in [0.1, 0.15) is 5.82 Å². The maximum Gasteiger partial charge on any atom is 0.178 e. The maximum atomic E-state index is 12.9. The van der Waals surface area contributed by atoms with E-state index in [1.807, 2.05) is 0 Å². The highest BCUT2D eigenvalue weighted by Crippen LogP contribution is 2.16. The zero-order valence-corrected chi connectivity index (χ0v) is 7.27. The molecule has 12 heavy (non-hydrogen) atoms. The van der Waals surface area contributed by atoms with Crippen molar-refractivity contribution < 1.29 is 9.60 Å². The van der Waals surface area contributed by atoms with Crippen LogP contribution in [0.5, 0.6) is 0 Å². The fourth-order valence-corrected chi connectivity index (χ4v) is 1.03. The molecule has 1 rings (SSSR count). The highest BCUT2D eigenvalue weighted by Gasteiger charge is 2.07. The van der Waals surface area contributed by atoms with Gasteiger partial charge in [0, 0.05) is 5.02 Å². The first kappa shape index (κ1) is 9.29. The lowest BCUT2D eigenvalue weighted by Crippen LogP contribution is -1.95. The van der Waals surface area contributed by atoms with E-state index in [4.69, 9.17) is 28.4 Å². The number of hydrogen-bond acceptors (Lipinski definition) is 2. The van der Waals surface area contributed by atoms with Gasteiger partial charge in [0.2, 0.25) is 0 Å². The summed E-state index contributed by atoms with van der Waals surface area (Å²) in [6.45, 7) is 0. The van der Waals surface area contributed by atoms with Crippen LogP contribution in [0, 0.1) is 5.82 Å². The third-order valence-corrected chi connectivity index (χ3v) is 1.75. The Balaban J connectivity index is 3.23. The largest absolute Gasteiger partial charge is 0.410 e. The van der Waals surface area contributed by atoms with E-state index in [1.165, 1.54) is 12.1 Å². The van der Waals surface area contributed by atoms with Crippen molar-refractivity contribution in [2.45, 2.75) is 0 Å². The fraction of sp³-hybridized carbons (Fsp3) is 0. The third kappa shape index (κ3) is 1.87. The monoisotopic (exact) mass is 207 g/mol. The Bertz CT molecular complexity index is 327. The van der Waals surface area contributed by atoms with E-state index in [2.05, 4.69) is 5.16 Å². The zero-order valence-electron chi connectivity index (χ0n) is 5.76. The predicted molar refractivity (Wildman–Crippen MR) is 45.6 cm³/mol. The van der Waals surface area contributed by atoms with Crippen molar-refractivity contribution in [1.82, 2.24) is 0 Å². The van der Waals surface area contributed by atoms with E-state index < -0.39 is 5.82 Å². The Kier molecular flexibility index (Phi) is 2.89. The van der Waals surface area contributed by atoms with E-state index in [9.17, 15) is 4.39 Å². The first-order chi connectivity index (χ1) is 5.65. The maximum absolute atomic E-state index is 12.9. The smallest absolute Gasteiger partial charge is 0.178 e. The van der Waals surface area contributed by atoms with Crippen molar-refractivity contribution in [2.75, 3.05) is 0 Å². The summed E-state index contributed by atoms with van der Waals surface area (Å²) < 4.78 is 12.9. The number of oxime groups is 1. The van der Waals surface area contributed by atoms with Gasteiger partial charge in [-0.05, 0) is 18.2 Å². The molecular formula is C7H4Cl2FNO. The molecule has 0 spiro atoms. The minimum atomic E-state index is -0.581. The molecule has 0 aliphatic rings. The average Bonchev–Trinajstić information content (AvgIpc) is 2.08. The first-order valence-electron chi connectivity index (χ1n) is 2.98. The molecule has 64 valence electrons. The van der Waals surface area contributed by atoms with Crippen molar-refractivity contribution >= 4 is 28.4 Å². The molecule has 2 nitrogen and oxygen atoms in total. The van der Waals surface area contributed by atoms with Crippen molar-refractivity contribution in [3.8, 4) is 0 Å². The number of halogens is 3. The summed E-state index contributed by atoms with van der Waals surface area (Å²) in [4.78, 5) is 0. The summed E-state index contributed by atoms with van der Waals surface area (Å²) >= 11 is 10.9. The lowest BCUT2D eigenvalue weighted by Gasteiger charge is -1.98. The van der Waals surface area contributed by atoms with Crippen molar-refractivity contribution in [1.29, 1.82) is 0 Å². The molecule has 0 heterocycles. The van der Waals surface area contributed by atoms with Gasteiger partial charge in [-0.25, -0.2) is 4.39 Å². The van der Waals surface area contributed by atoms with E-state index in [1.54, 1.807) is 0 Å². The fourth-order valence-electron chi connectivity index (χ4n) is 0.709. The van der Waals surface area contributed by atoms with Crippen LogP contribution in [-0.4, -0.2) is 10.4 Å². The van der Waals surface area contributed by atoms with Crippen molar-refractivity contribution in [3.63, 3.8) is 0 Å². The van der Waals surface area contributed by atoms with Crippen molar-refractivity contribution in [3.05, 3.63) is 34.6 Å². The van der Waals surface area contributed by atoms with Crippen LogP contribution in [0.4, 0.5) is 4.39 Å². The second kappa shape index (κ2) is 3.74. The van der Waals surface area contributed by atoms with Gasteiger partial charge >= 0.3 is 0 Å². The standard InChI is InChI=1S/C7H4Cl2FNO/c8-4-1-2-6(10)5(3-4)7(9)11-12/h1-3,12H/b11-7+. The summed E-state index contributed by atoms with van der Waals surface area (Å²) in [5.74, 6) is -0.581. The number of rotatable bonds is 1. The molecule has 0 atom stereocenters. The van der Waals surface area contributed by atoms with E-state index >= 15 is 0 Å². The molecule has 0 bridgehead atoms. The first-order valence-corrected chi connectivity index (χ1v) is 3.73. The topological polar surface area (TPSA) is 32.6 Å². The number of benzene rings is 1. The van der Waals surface area contributed by atoms with Crippen LogP contribution in [0.15, 0.2) is 23.4 Å². The van der Waals surface area contributed by atoms with Crippen LogP contribution in [0.25, 0.3) is 0 Å². The van der Waals surface area contributed by atoms with Gasteiger partial charge in [-0.15, -0.1) is 0 Å². The van der Waals surface area contributed by atoms with Gasteiger partial charge in [0.25, 0.3) is 0 Å².